The van der Waals surface area contributed by atoms with Crippen LogP contribution in [0.2, 0.25) is 0 Å². The number of sulfonamides is 1. The molecule has 0 amide bonds. The molecule has 4 nitrogen and oxygen atoms in total. The third-order valence-electron chi connectivity index (χ3n) is 10.1. The van der Waals surface area contributed by atoms with Crippen molar-refractivity contribution in [1.82, 2.24) is 4.31 Å². The van der Waals surface area contributed by atoms with Crippen molar-refractivity contribution in [3.63, 3.8) is 0 Å². The number of allylic oxidation sites excluding steroid dienone is 2. The number of carbonyl (C=O) groups excluding carboxylic acids is 1. The second-order valence-corrected chi connectivity index (χ2v) is 14.5. The molecule has 0 bridgehead atoms. The third kappa shape index (κ3) is 4.94. The molecule has 5 heteroatoms. The van der Waals surface area contributed by atoms with Crippen molar-refractivity contribution in [1.29, 1.82) is 0 Å². The molecule has 0 aromatic carbocycles. The van der Waals surface area contributed by atoms with Gasteiger partial charge in [-0.2, -0.15) is 4.31 Å². The number of nitrogens with zero attached hydrogens (tertiary/aromatic N) is 1. The molecule has 0 radical (unpaired) electrons. The van der Waals surface area contributed by atoms with Crippen molar-refractivity contribution in [2.45, 2.75) is 117 Å². The van der Waals surface area contributed by atoms with Crippen molar-refractivity contribution in [2.75, 3.05) is 6.54 Å². The summed E-state index contributed by atoms with van der Waals surface area (Å²) in [5.41, 5.74) is 1.62. The minimum Gasteiger partial charge on any atom is -0.299 e. The standard InChI is InChI=1S/C29H49NO3S/c1-6-9-22-13-15-23(16-22)25(7-2)24-14-12-19(3)27(17-24)34(32,33)30-18-21(5)29(31)26-11-8-10-20(4)28(26)30/h16,19-22,24-28H,6-15,17-18H2,1-5H3. The summed E-state index contributed by atoms with van der Waals surface area (Å²) in [7, 11) is -3.45. The van der Waals surface area contributed by atoms with E-state index in [2.05, 4.69) is 33.8 Å². The van der Waals surface area contributed by atoms with E-state index in [-0.39, 0.29) is 35.0 Å². The lowest BCUT2D eigenvalue weighted by Crippen LogP contribution is -2.61. The maximum Gasteiger partial charge on any atom is 0.217 e. The first-order chi connectivity index (χ1) is 16.2. The molecule has 1 heterocycles. The summed E-state index contributed by atoms with van der Waals surface area (Å²) in [6.45, 7) is 11.2. The van der Waals surface area contributed by atoms with Gasteiger partial charge in [0.1, 0.15) is 5.78 Å². The quantitative estimate of drug-likeness (QED) is 0.377. The van der Waals surface area contributed by atoms with Crippen molar-refractivity contribution >= 4 is 15.8 Å². The zero-order valence-electron chi connectivity index (χ0n) is 22.3. The van der Waals surface area contributed by atoms with E-state index >= 15 is 0 Å². The van der Waals surface area contributed by atoms with E-state index < -0.39 is 10.0 Å². The zero-order chi connectivity index (χ0) is 24.6. The lowest BCUT2D eigenvalue weighted by atomic mass is 9.71. The summed E-state index contributed by atoms with van der Waals surface area (Å²) in [6, 6.07) is -0.121. The third-order valence-corrected chi connectivity index (χ3v) is 12.5. The highest BCUT2D eigenvalue weighted by Crippen LogP contribution is 2.47. The van der Waals surface area contributed by atoms with Gasteiger partial charge in [-0.1, -0.05) is 59.1 Å². The Hall–Kier alpha value is -0.680. The van der Waals surface area contributed by atoms with Crippen molar-refractivity contribution in [3.8, 4) is 0 Å². The molecule has 4 aliphatic rings. The molecule has 0 aromatic heterocycles. The average molecular weight is 492 g/mol. The van der Waals surface area contributed by atoms with Gasteiger partial charge in [0.2, 0.25) is 10.0 Å². The van der Waals surface area contributed by atoms with E-state index in [0.29, 0.717) is 24.2 Å². The van der Waals surface area contributed by atoms with Gasteiger partial charge in [-0.05, 0) is 87.4 Å². The normalized spacial score (nSPS) is 40.6. The minimum absolute atomic E-state index is 0.0977. The fourth-order valence-electron chi connectivity index (χ4n) is 8.21. The van der Waals surface area contributed by atoms with E-state index in [4.69, 9.17) is 0 Å². The number of fused-ring (bicyclic) bond motifs is 1. The van der Waals surface area contributed by atoms with Gasteiger partial charge in [0.25, 0.3) is 0 Å². The van der Waals surface area contributed by atoms with Crippen molar-refractivity contribution in [2.24, 2.45) is 41.4 Å². The van der Waals surface area contributed by atoms with E-state index in [1.807, 2.05) is 11.2 Å². The van der Waals surface area contributed by atoms with Crippen LogP contribution in [0.5, 0.6) is 0 Å². The molecule has 34 heavy (non-hydrogen) atoms. The molecule has 0 spiro atoms. The summed E-state index contributed by atoms with van der Waals surface area (Å²) in [5, 5.41) is -0.302. The second kappa shape index (κ2) is 10.7. The van der Waals surface area contributed by atoms with Gasteiger partial charge in [-0.25, -0.2) is 8.42 Å². The largest absolute Gasteiger partial charge is 0.299 e. The molecule has 3 aliphatic carbocycles. The fourth-order valence-corrected chi connectivity index (χ4v) is 10.9. The van der Waals surface area contributed by atoms with Crippen LogP contribution in [-0.4, -0.2) is 36.3 Å². The van der Waals surface area contributed by atoms with Crippen LogP contribution >= 0.6 is 0 Å². The summed E-state index contributed by atoms with van der Waals surface area (Å²) >= 11 is 0. The highest BCUT2D eigenvalue weighted by Gasteiger charge is 2.52. The summed E-state index contributed by atoms with van der Waals surface area (Å²) in [6.07, 6.45) is 14.6. The van der Waals surface area contributed by atoms with Gasteiger partial charge in [-0.3, -0.25) is 4.79 Å². The van der Waals surface area contributed by atoms with Crippen LogP contribution in [0.4, 0.5) is 0 Å². The Balaban J connectivity index is 1.57. The summed E-state index contributed by atoms with van der Waals surface area (Å²) in [4.78, 5) is 13.0. The first kappa shape index (κ1) is 26.4. The Morgan fingerprint density at radius 2 is 1.79 bits per heavy atom. The van der Waals surface area contributed by atoms with Gasteiger partial charge in [0, 0.05) is 24.4 Å². The van der Waals surface area contributed by atoms with Crippen LogP contribution in [0.3, 0.4) is 0 Å². The van der Waals surface area contributed by atoms with Gasteiger partial charge in [0.05, 0.1) is 5.25 Å². The number of rotatable bonds is 7. The van der Waals surface area contributed by atoms with Crippen molar-refractivity contribution in [3.05, 3.63) is 11.6 Å². The Labute approximate surface area is 209 Å². The van der Waals surface area contributed by atoms with E-state index in [9.17, 15) is 13.2 Å². The van der Waals surface area contributed by atoms with Gasteiger partial charge < -0.3 is 0 Å². The Morgan fingerprint density at radius 3 is 2.50 bits per heavy atom. The number of hydrogen-bond donors (Lipinski definition) is 0. The number of carbonyl (C=O) groups is 1. The highest BCUT2D eigenvalue weighted by atomic mass is 32.2. The zero-order valence-corrected chi connectivity index (χ0v) is 23.2. The number of hydrogen-bond acceptors (Lipinski definition) is 3. The average Bonchev–Trinajstić information content (AvgIpc) is 3.26. The summed E-state index contributed by atoms with van der Waals surface area (Å²) < 4.78 is 30.5. The maximum absolute atomic E-state index is 14.3. The predicted molar refractivity (Wildman–Crippen MR) is 140 cm³/mol. The maximum atomic E-state index is 14.3. The van der Waals surface area contributed by atoms with Gasteiger partial charge in [0.15, 0.2) is 0 Å². The second-order valence-electron chi connectivity index (χ2n) is 12.4. The predicted octanol–water partition coefficient (Wildman–Crippen LogP) is 6.61. The van der Waals surface area contributed by atoms with Crippen LogP contribution < -0.4 is 0 Å². The van der Waals surface area contributed by atoms with E-state index in [0.717, 1.165) is 50.9 Å². The van der Waals surface area contributed by atoms with Crippen LogP contribution in [0.25, 0.3) is 0 Å². The number of piperidine rings is 1. The summed E-state index contributed by atoms with van der Waals surface area (Å²) in [5.74, 6) is 2.22. The first-order valence-electron chi connectivity index (χ1n) is 14.4. The molecule has 3 fully saturated rings. The van der Waals surface area contributed by atoms with Crippen LogP contribution in [-0.2, 0) is 14.8 Å². The van der Waals surface area contributed by atoms with Gasteiger partial charge >= 0.3 is 0 Å². The molecule has 194 valence electrons. The smallest absolute Gasteiger partial charge is 0.217 e. The molecular weight excluding hydrogens is 442 g/mol. The topological polar surface area (TPSA) is 54.5 Å². The molecule has 1 aliphatic heterocycles. The molecule has 4 rings (SSSR count). The molecule has 0 N–H and O–H groups in total. The van der Waals surface area contributed by atoms with Crippen LogP contribution in [0.15, 0.2) is 11.6 Å². The van der Waals surface area contributed by atoms with Crippen LogP contribution in [0.1, 0.15) is 105 Å². The van der Waals surface area contributed by atoms with Crippen LogP contribution in [0, 0.1) is 41.4 Å². The minimum atomic E-state index is -3.45. The lowest BCUT2D eigenvalue weighted by molar-refractivity contribution is -0.134. The first-order valence-corrected chi connectivity index (χ1v) is 15.9. The van der Waals surface area contributed by atoms with Crippen molar-refractivity contribution < 1.29 is 13.2 Å². The molecule has 9 atom stereocenters. The fraction of sp³-hybridized carbons (Fsp3) is 0.897. The Bertz CT molecular complexity index is 865. The number of Topliss-reactive ketones (excluding diaryl/α,β-unsaturated/α-hetero) is 1. The SMILES string of the molecule is CCCC1C=C(C(CC)C2CCC(C)C(S(=O)(=O)N3CC(C)C(=O)C4CCCC(C)C43)C2)CC1. The molecule has 9 unspecified atom stereocenters. The molecular formula is C29H49NO3S. The monoisotopic (exact) mass is 491 g/mol. The molecule has 0 aromatic rings. The number of ketones is 1. The molecule has 2 saturated carbocycles. The lowest BCUT2D eigenvalue weighted by Gasteiger charge is -2.49. The van der Waals surface area contributed by atoms with Gasteiger partial charge in [-0.15, -0.1) is 0 Å². The van der Waals surface area contributed by atoms with E-state index in [1.54, 1.807) is 5.57 Å². The highest BCUT2D eigenvalue weighted by molar-refractivity contribution is 7.89. The Kier molecular flexibility index (Phi) is 8.34. The van der Waals surface area contributed by atoms with E-state index in [1.165, 1.54) is 25.7 Å². The Morgan fingerprint density at radius 1 is 1.03 bits per heavy atom. The molecule has 1 saturated heterocycles.